The number of nitrogens with zero attached hydrogens (tertiary/aromatic N) is 5. The van der Waals surface area contributed by atoms with E-state index >= 15 is 8.78 Å². The summed E-state index contributed by atoms with van der Waals surface area (Å²) in [4.78, 5) is 16.6. The molecule has 2 bridgehead atoms. The minimum atomic E-state index is -5.09. The Labute approximate surface area is 258 Å². The Bertz CT molecular complexity index is 1790. The molecule has 0 saturated carbocycles. The smallest absolute Gasteiger partial charge is 0.417 e. The number of pyridine rings is 1. The molecule has 0 amide bonds. The summed E-state index contributed by atoms with van der Waals surface area (Å²) < 4.78 is 116. The predicted octanol–water partition coefficient (Wildman–Crippen LogP) is 4.83. The molecule has 5 aliphatic heterocycles. The number of benzene rings is 1. The fourth-order valence-electron chi connectivity index (χ4n) is 8.19. The highest BCUT2D eigenvalue weighted by atomic mass is 19.4. The number of fused-ring (bicyclic) bond motifs is 6. The van der Waals surface area contributed by atoms with E-state index in [9.17, 15) is 22.0 Å². The van der Waals surface area contributed by atoms with Crippen LogP contribution in [0.15, 0.2) is 6.07 Å². The SMILES string of the molecule is Cc1cc(N)c(F)c(-c2nc3c4c(nc(OC[C@@]56CCN5CC(F)(F)C6)nc4c2F)N2C[C@H]4CC[C@H](N4)[C@H]2[C@H](C)O3)c1C(F)(F)F. The van der Waals surface area contributed by atoms with Crippen molar-refractivity contribution in [2.75, 3.05) is 36.9 Å². The number of nitrogens with two attached hydrogens (primary N) is 1. The molecule has 0 spiro atoms. The molecule has 246 valence electrons. The largest absolute Gasteiger partial charge is 0.472 e. The average Bonchev–Trinajstić information content (AvgIpc) is 3.38. The number of nitrogens with one attached hydrogen (secondary N) is 1. The van der Waals surface area contributed by atoms with Crippen LogP contribution in [-0.4, -0.2) is 81.8 Å². The number of halogens is 7. The summed E-state index contributed by atoms with van der Waals surface area (Å²) in [6.45, 7) is 3.18. The van der Waals surface area contributed by atoms with Gasteiger partial charge in [0.1, 0.15) is 35.1 Å². The third kappa shape index (κ3) is 4.31. The molecule has 16 heteroatoms. The topological polar surface area (TPSA) is 102 Å². The van der Waals surface area contributed by atoms with Gasteiger partial charge >= 0.3 is 12.2 Å². The van der Waals surface area contributed by atoms with Gasteiger partial charge in [0, 0.05) is 31.6 Å². The van der Waals surface area contributed by atoms with Crippen LogP contribution >= 0.6 is 0 Å². The highest BCUT2D eigenvalue weighted by molar-refractivity contribution is 5.97. The second-order valence-electron chi connectivity index (χ2n) is 13.2. The maximum atomic E-state index is 16.7. The molecule has 3 N–H and O–H groups in total. The molecule has 8 rings (SSSR count). The summed E-state index contributed by atoms with van der Waals surface area (Å²) in [5.74, 6) is -5.82. The predicted molar refractivity (Wildman–Crippen MR) is 152 cm³/mol. The Morgan fingerprint density at radius 3 is 2.63 bits per heavy atom. The summed E-state index contributed by atoms with van der Waals surface area (Å²) in [6.07, 6.45) is -3.97. The van der Waals surface area contributed by atoms with Gasteiger partial charge in [-0.15, -0.1) is 0 Å². The first-order chi connectivity index (χ1) is 21.7. The van der Waals surface area contributed by atoms with Crippen molar-refractivity contribution in [3.8, 4) is 23.1 Å². The second-order valence-corrected chi connectivity index (χ2v) is 13.2. The molecule has 1 aromatic carbocycles. The van der Waals surface area contributed by atoms with E-state index in [0.29, 0.717) is 19.5 Å². The maximum absolute atomic E-state index is 16.7. The van der Waals surface area contributed by atoms with Crippen LogP contribution in [0.4, 0.5) is 42.2 Å². The first-order valence-electron chi connectivity index (χ1n) is 15.2. The van der Waals surface area contributed by atoms with Gasteiger partial charge < -0.3 is 25.4 Å². The van der Waals surface area contributed by atoms with Crippen LogP contribution in [0.1, 0.15) is 43.7 Å². The summed E-state index contributed by atoms with van der Waals surface area (Å²) in [6, 6.07) is 0.187. The lowest BCUT2D eigenvalue weighted by molar-refractivity contribution is -0.137. The van der Waals surface area contributed by atoms with Crippen molar-refractivity contribution in [1.82, 2.24) is 25.2 Å². The molecule has 4 saturated heterocycles. The van der Waals surface area contributed by atoms with Gasteiger partial charge in [-0.25, -0.2) is 22.5 Å². The average molecular weight is 654 g/mol. The Kier molecular flexibility index (Phi) is 6.26. The Morgan fingerprint density at radius 2 is 1.93 bits per heavy atom. The fraction of sp³-hybridized carbons (Fsp3) is 0.567. The zero-order valence-corrected chi connectivity index (χ0v) is 24.8. The molecule has 0 radical (unpaired) electrons. The molecule has 9 nitrogen and oxygen atoms in total. The normalized spacial score (nSPS) is 29.6. The van der Waals surface area contributed by atoms with Crippen LogP contribution in [-0.2, 0) is 6.18 Å². The van der Waals surface area contributed by atoms with E-state index in [1.165, 1.54) is 0 Å². The van der Waals surface area contributed by atoms with Crippen molar-refractivity contribution in [1.29, 1.82) is 0 Å². The molecule has 46 heavy (non-hydrogen) atoms. The lowest BCUT2D eigenvalue weighted by atomic mass is 9.85. The number of piperazine rings is 1. The van der Waals surface area contributed by atoms with Crippen molar-refractivity contribution in [2.45, 2.75) is 81.4 Å². The quantitative estimate of drug-likeness (QED) is 0.303. The van der Waals surface area contributed by atoms with Crippen molar-refractivity contribution < 1.29 is 40.2 Å². The van der Waals surface area contributed by atoms with Gasteiger partial charge in [0.15, 0.2) is 11.6 Å². The van der Waals surface area contributed by atoms with E-state index in [0.717, 1.165) is 25.8 Å². The molecule has 3 aromatic rings. The summed E-state index contributed by atoms with van der Waals surface area (Å²) in [7, 11) is 0. The maximum Gasteiger partial charge on any atom is 0.417 e. The van der Waals surface area contributed by atoms with Crippen LogP contribution in [0.25, 0.3) is 22.2 Å². The molecular formula is C30H30F7N7O2. The molecule has 5 aliphatic rings. The Balaban J connectivity index is 1.34. The minimum absolute atomic E-state index is 0.00493. The minimum Gasteiger partial charge on any atom is -0.472 e. The highest BCUT2D eigenvalue weighted by Gasteiger charge is 2.60. The number of nitrogen functional groups attached to an aromatic ring is 1. The first-order valence-corrected chi connectivity index (χ1v) is 15.2. The number of aromatic nitrogens is 3. The monoisotopic (exact) mass is 653 g/mol. The number of rotatable bonds is 4. The zero-order chi connectivity index (χ0) is 32.5. The van der Waals surface area contributed by atoms with Gasteiger partial charge in [-0.1, -0.05) is 0 Å². The summed E-state index contributed by atoms with van der Waals surface area (Å²) in [5, 5.41) is 3.54. The van der Waals surface area contributed by atoms with Crippen molar-refractivity contribution in [2.24, 2.45) is 0 Å². The molecule has 0 aliphatic carbocycles. The first kappa shape index (κ1) is 29.7. The lowest BCUT2D eigenvalue weighted by Gasteiger charge is -2.46. The third-order valence-electron chi connectivity index (χ3n) is 10.2. The van der Waals surface area contributed by atoms with E-state index in [1.807, 2.05) is 4.90 Å². The number of hydrogen-bond acceptors (Lipinski definition) is 9. The van der Waals surface area contributed by atoms with Crippen molar-refractivity contribution >= 4 is 22.4 Å². The van der Waals surface area contributed by atoms with Crippen molar-refractivity contribution in [3.63, 3.8) is 0 Å². The van der Waals surface area contributed by atoms with E-state index in [4.69, 9.17) is 15.2 Å². The number of hydrogen-bond donors (Lipinski definition) is 2. The van der Waals surface area contributed by atoms with Crippen molar-refractivity contribution in [3.05, 3.63) is 28.8 Å². The van der Waals surface area contributed by atoms with Crippen LogP contribution < -0.4 is 25.4 Å². The summed E-state index contributed by atoms with van der Waals surface area (Å²) in [5.41, 5.74) is -0.334. The molecule has 4 fully saturated rings. The number of alkyl halides is 5. The number of ether oxygens (including phenoxy) is 2. The zero-order valence-electron chi connectivity index (χ0n) is 24.8. The molecule has 5 atom stereocenters. The summed E-state index contributed by atoms with van der Waals surface area (Å²) >= 11 is 0. The Morgan fingerprint density at radius 1 is 1.15 bits per heavy atom. The van der Waals surface area contributed by atoms with E-state index in [-0.39, 0.29) is 47.8 Å². The fourth-order valence-corrected chi connectivity index (χ4v) is 8.19. The third-order valence-corrected chi connectivity index (χ3v) is 10.2. The van der Waals surface area contributed by atoms with E-state index in [1.54, 1.807) is 11.8 Å². The van der Waals surface area contributed by atoms with Gasteiger partial charge in [0.25, 0.3) is 5.92 Å². The molecular weight excluding hydrogens is 623 g/mol. The number of anilines is 2. The molecule has 0 unspecified atom stereocenters. The molecule has 2 aromatic heterocycles. The molecule has 7 heterocycles. The van der Waals surface area contributed by atoms with Gasteiger partial charge in [-0.3, -0.25) is 4.90 Å². The van der Waals surface area contributed by atoms with Crippen LogP contribution in [0, 0.1) is 18.6 Å². The highest BCUT2D eigenvalue weighted by Crippen LogP contribution is 2.49. The lowest BCUT2D eigenvalue weighted by Crippen LogP contribution is -2.62. The standard InChI is InChI=1S/C30H30F7N7O2/c1-12-7-15(38)20(31)17(19(12)30(35,36)37)22-21(32)23-18-25(42-27(41-23)45-11-28-5-6-43(28)10-29(33,34)9-28)44-8-14-3-4-16(39-14)24(44)13(2)46-26(18)40-22/h7,13-14,16,24,39H,3-6,8-11,38H2,1-2H3/t13-,14+,16-,24+,28-/m0/s1. The number of aryl methyl sites for hydroxylation is 1. The van der Waals surface area contributed by atoms with Gasteiger partial charge in [-0.05, 0) is 44.7 Å². The van der Waals surface area contributed by atoms with E-state index < -0.39 is 81.9 Å². The van der Waals surface area contributed by atoms with Gasteiger partial charge in [0.2, 0.25) is 5.88 Å². The Hall–Kier alpha value is -3.66. The van der Waals surface area contributed by atoms with E-state index in [2.05, 4.69) is 20.3 Å². The van der Waals surface area contributed by atoms with Crippen LogP contribution in [0.2, 0.25) is 0 Å². The second kappa shape index (κ2) is 9.69. The van der Waals surface area contributed by atoms with Gasteiger partial charge in [0.05, 0.1) is 34.9 Å². The van der Waals surface area contributed by atoms with Crippen LogP contribution in [0.5, 0.6) is 11.9 Å². The van der Waals surface area contributed by atoms with Gasteiger partial charge in [-0.2, -0.15) is 23.1 Å². The van der Waals surface area contributed by atoms with Crippen LogP contribution in [0.3, 0.4) is 0 Å².